The Labute approximate surface area is 214 Å². The number of nitrogens with one attached hydrogen (secondary N) is 1. The van der Waals surface area contributed by atoms with Crippen molar-refractivity contribution < 1.29 is 23.7 Å². The second kappa shape index (κ2) is 11.1. The van der Waals surface area contributed by atoms with Gasteiger partial charge in [0.25, 0.3) is 5.91 Å². The highest BCUT2D eigenvalue weighted by Crippen LogP contribution is 2.36. The van der Waals surface area contributed by atoms with E-state index in [2.05, 4.69) is 20.3 Å². The minimum atomic E-state index is -0.680. The zero-order valence-corrected chi connectivity index (χ0v) is 20.6. The molecule has 0 bridgehead atoms. The van der Waals surface area contributed by atoms with Gasteiger partial charge in [0.2, 0.25) is 0 Å². The third-order valence-corrected chi connectivity index (χ3v) is 5.89. The van der Waals surface area contributed by atoms with E-state index in [9.17, 15) is 4.79 Å². The predicted octanol–water partition coefficient (Wildman–Crippen LogP) is 4.20. The van der Waals surface area contributed by atoms with Crippen molar-refractivity contribution in [2.24, 2.45) is 0 Å². The van der Waals surface area contributed by atoms with E-state index < -0.39 is 6.10 Å². The van der Waals surface area contributed by atoms with Gasteiger partial charge >= 0.3 is 0 Å². The number of pyridine rings is 1. The number of carbonyl (C=O) groups excluding carboxylic acids is 1. The van der Waals surface area contributed by atoms with Gasteiger partial charge in [0.1, 0.15) is 23.6 Å². The van der Waals surface area contributed by atoms with E-state index in [0.717, 1.165) is 5.69 Å². The molecule has 1 atom stereocenters. The van der Waals surface area contributed by atoms with Crippen LogP contribution in [0.15, 0.2) is 67.3 Å². The van der Waals surface area contributed by atoms with Crippen molar-refractivity contribution in [2.75, 3.05) is 38.7 Å². The average molecular weight is 502 g/mol. The quantitative estimate of drug-likeness (QED) is 0.380. The topological polar surface area (TPSA) is 108 Å². The Bertz CT molecular complexity index is 1370. The summed E-state index contributed by atoms with van der Waals surface area (Å²) in [5, 5.41) is 4.00. The molecule has 0 radical (unpaired) electrons. The highest BCUT2D eigenvalue weighted by molar-refractivity contribution is 5.96. The van der Waals surface area contributed by atoms with Crippen molar-refractivity contribution in [3.63, 3.8) is 0 Å². The van der Waals surface area contributed by atoms with Gasteiger partial charge in [-0.2, -0.15) is 0 Å². The average Bonchev–Trinajstić information content (AvgIpc) is 2.94. The second-order valence-electron chi connectivity index (χ2n) is 8.35. The lowest BCUT2D eigenvalue weighted by Gasteiger charge is -2.29. The van der Waals surface area contributed by atoms with E-state index in [-0.39, 0.29) is 5.91 Å². The number of nitrogens with zero attached hydrogens (tertiary/aromatic N) is 4. The maximum atomic E-state index is 12.9. The van der Waals surface area contributed by atoms with E-state index in [1.54, 1.807) is 43.5 Å². The summed E-state index contributed by atoms with van der Waals surface area (Å²) >= 11 is 0. The zero-order valence-electron chi connectivity index (χ0n) is 20.6. The summed E-state index contributed by atoms with van der Waals surface area (Å²) in [6.07, 6.45) is 4.11. The molecule has 1 aliphatic heterocycles. The number of methoxy groups -OCH3 is 1. The van der Waals surface area contributed by atoms with Crippen LogP contribution >= 0.6 is 0 Å². The Morgan fingerprint density at radius 1 is 1.05 bits per heavy atom. The molecular weight excluding hydrogens is 474 g/mol. The molecule has 190 valence electrons. The van der Waals surface area contributed by atoms with Gasteiger partial charge in [-0.1, -0.05) is 6.07 Å². The number of carbonyl (C=O) groups is 1. The van der Waals surface area contributed by atoms with E-state index in [1.807, 2.05) is 36.4 Å². The molecule has 37 heavy (non-hydrogen) atoms. The summed E-state index contributed by atoms with van der Waals surface area (Å²) in [5.74, 6) is 2.65. The van der Waals surface area contributed by atoms with Crippen molar-refractivity contribution in [2.45, 2.75) is 13.0 Å². The van der Waals surface area contributed by atoms with Crippen LogP contribution in [0.25, 0.3) is 10.9 Å². The Balaban J connectivity index is 1.40. The van der Waals surface area contributed by atoms with Crippen LogP contribution in [0.3, 0.4) is 0 Å². The number of rotatable bonds is 8. The van der Waals surface area contributed by atoms with Gasteiger partial charge in [-0.05, 0) is 43.3 Å². The summed E-state index contributed by atoms with van der Waals surface area (Å²) in [7, 11) is 1.58. The molecular formula is C27H27N5O5. The minimum Gasteiger partial charge on any atom is -0.493 e. The molecule has 1 aliphatic rings. The third-order valence-electron chi connectivity index (χ3n) is 5.89. The van der Waals surface area contributed by atoms with Gasteiger partial charge in [-0.3, -0.25) is 9.78 Å². The Kier molecular flexibility index (Phi) is 7.27. The first kappa shape index (κ1) is 24.3. The number of benzene rings is 2. The highest BCUT2D eigenvalue weighted by Gasteiger charge is 2.25. The first-order valence-electron chi connectivity index (χ1n) is 11.9. The van der Waals surface area contributed by atoms with Gasteiger partial charge in [-0.15, -0.1) is 0 Å². The van der Waals surface area contributed by atoms with Crippen LogP contribution in [0.5, 0.6) is 23.0 Å². The molecule has 1 saturated heterocycles. The smallest absolute Gasteiger partial charge is 0.263 e. The molecule has 1 N–H and O–H groups in total. The second-order valence-corrected chi connectivity index (χ2v) is 8.35. The van der Waals surface area contributed by atoms with Crippen molar-refractivity contribution >= 4 is 28.3 Å². The molecule has 4 aromatic rings. The van der Waals surface area contributed by atoms with Crippen LogP contribution in [0.4, 0.5) is 11.5 Å². The number of amides is 1. The molecule has 2 aromatic heterocycles. The van der Waals surface area contributed by atoms with Gasteiger partial charge in [0, 0.05) is 31.0 Å². The number of fused-ring (bicyclic) bond motifs is 1. The van der Waals surface area contributed by atoms with Crippen molar-refractivity contribution in [1.82, 2.24) is 19.9 Å². The lowest BCUT2D eigenvalue weighted by molar-refractivity contribution is -0.142. The Morgan fingerprint density at radius 2 is 1.92 bits per heavy atom. The van der Waals surface area contributed by atoms with Gasteiger partial charge in [-0.25, -0.2) is 9.97 Å². The fourth-order valence-electron chi connectivity index (χ4n) is 4.05. The van der Waals surface area contributed by atoms with Crippen molar-refractivity contribution in [3.05, 3.63) is 67.3 Å². The van der Waals surface area contributed by atoms with Crippen LogP contribution in [0.2, 0.25) is 0 Å². The number of hydrogen-bond donors (Lipinski definition) is 1. The van der Waals surface area contributed by atoms with Crippen molar-refractivity contribution in [1.29, 1.82) is 0 Å². The van der Waals surface area contributed by atoms with Crippen LogP contribution in [-0.2, 0) is 9.53 Å². The molecule has 0 unspecified atom stereocenters. The van der Waals surface area contributed by atoms with E-state index in [0.29, 0.717) is 66.0 Å². The molecule has 0 saturated carbocycles. The molecule has 10 heteroatoms. The fourth-order valence-corrected chi connectivity index (χ4v) is 4.05. The number of morpholine rings is 1. The van der Waals surface area contributed by atoms with E-state index >= 15 is 0 Å². The molecule has 3 heterocycles. The van der Waals surface area contributed by atoms with Crippen LogP contribution < -0.4 is 19.5 Å². The lowest BCUT2D eigenvalue weighted by atomic mass is 10.2. The molecule has 1 fully saturated rings. The lowest BCUT2D eigenvalue weighted by Crippen LogP contribution is -2.46. The summed E-state index contributed by atoms with van der Waals surface area (Å²) in [4.78, 5) is 27.6. The fraction of sp³-hybridized carbons (Fsp3) is 0.259. The maximum absolute atomic E-state index is 12.9. The SMILES string of the molecule is COc1cc(Nc2ncnc3cccc(O[C@H](C)C(=O)N4CCOCC4)c23)ccc1Oc1cccnc1. The number of hydrogen-bond acceptors (Lipinski definition) is 9. The predicted molar refractivity (Wildman–Crippen MR) is 138 cm³/mol. The standard InChI is InChI=1S/C27H27N5O5/c1-18(27(33)32-11-13-35-14-12-32)36-23-7-3-6-21-25(23)26(30-17-29-21)31-19-8-9-22(24(15-19)34-2)37-20-5-4-10-28-16-20/h3-10,15-18H,11-14H2,1-2H3,(H,29,30,31)/t18-/m1/s1. The monoisotopic (exact) mass is 501 g/mol. The molecule has 1 amide bonds. The first-order chi connectivity index (χ1) is 18.1. The third kappa shape index (κ3) is 5.54. The number of aromatic nitrogens is 3. The summed E-state index contributed by atoms with van der Waals surface area (Å²) in [6, 6.07) is 14.6. The summed E-state index contributed by atoms with van der Waals surface area (Å²) in [5.41, 5.74) is 1.41. The molecule has 10 nitrogen and oxygen atoms in total. The molecule has 5 rings (SSSR count). The van der Waals surface area contributed by atoms with Crippen LogP contribution in [0, 0.1) is 0 Å². The summed E-state index contributed by atoms with van der Waals surface area (Å²) < 4.78 is 23.0. The van der Waals surface area contributed by atoms with Gasteiger partial charge in [0.05, 0.1) is 37.4 Å². The highest BCUT2D eigenvalue weighted by atomic mass is 16.5. The maximum Gasteiger partial charge on any atom is 0.263 e. The Hall–Kier alpha value is -4.44. The van der Waals surface area contributed by atoms with E-state index in [4.69, 9.17) is 18.9 Å². The van der Waals surface area contributed by atoms with Crippen LogP contribution in [-0.4, -0.2) is 65.3 Å². The number of anilines is 2. The van der Waals surface area contributed by atoms with Crippen molar-refractivity contribution in [3.8, 4) is 23.0 Å². The summed E-state index contributed by atoms with van der Waals surface area (Å²) in [6.45, 7) is 3.92. The first-order valence-corrected chi connectivity index (χ1v) is 11.9. The van der Waals surface area contributed by atoms with Gasteiger partial charge in [0.15, 0.2) is 17.6 Å². The van der Waals surface area contributed by atoms with Crippen LogP contribution in [0.1, 0.15) is 6.92 Å². The minimum absolute atomic E-state index is 0.0828. The Morgan fingerprint density at radius 3 is 2.70 bits per heavy atom. The zero-order chi connectivity index (χ0) is 25.6. The molecule has 0 spiro atoms. The van der Waals surface area contributed by atoms with E-state index in [1.165, 1.54) is 6.33 Å². The van der Waals surface area contributed by atoms with Gasteiger partial charge < -0.3 is 29.2 Å². The molecule has 0 aliphatic carbocycles. The normalized spacial score (nSPS) is 14.2. The molecule has 2 aromatic carbocycles. The number of ether oxygens (including phenoxy) is 4. The largest absolute Gasteiger partial charge is 0.493 e.